The maximum absolute atomic E-state index is 14.7. The van der Waals surface area contributed by atoms with Crippen molar-refractivity contribution in [3.63, 3.8) is 0 Å². The summed E-state index contributed by atoms with van der Waals surface area (Å²) in [7, 11) is 1.68. The van der Waals surface area contributed by atoms with E-state index in [1.54, 1.807) is 48.4 Å². The normalized spacial score (nSPS) is 25.0. The Kier molecular flexibility index (Phi) is 11.6. The second-order valence-electron chi connectivity index (χ2n) is 13.0. The molecule has 3 amide bonds. The molecule has 3 fully saturated rings. The minimum absolute atomic E-state index is 0.0610. The van der Waals surface area contributed by atoms with Gasteiger partial charge in [-0.2, -0.15) is 0 Å². The summed E-state index contributed by atoms with van der Waals surface area (Å²) < 4.78 is 12.9. The second-order valence-corrected chi connectivity index (χ2v) is 13.5. The summed E-state index contributed by atoms with van der Waals surface area (Å²) in [5.41, 5.74) is -0.0679. The monoisotopic (exact) mass is 691 g/mol. The largest absolute Gasteiger partial charge is 0.455 e. The first-order chi connectivity index (χ1) is 23.6. The van der Waals surface area contributed by atoms with E-state index in [4.69, 9.17) is 21.1 Å². The summed E-state index contributed by atoms with van der Waals surface area (Å²) in [6.07, 6.45) is 4.41. The molecule has 2 bridgehead atoms. The van der Waals surface area contributed by atoms with Crippen molar-refractivity contribution in [2.45, 2.75) is 75.3 Å². The van der Waals surface area contributed by atoms with Gasteiger partial charge in [-0.3, -0.25) is 19.2 Å². The molecule has 10 nitrogen and oxygen atoms in total. The van der Waals surface area contributed by atoms with Gasteiger partial charge in [-0.15, -0.1) is 13.2 Å². The number of fused-ring (bicyclic) bond motifs is 1. The number of hydrogen-bond donors (Lipinski definition) is 1. The first-order valence-electron chi connectivity index (χ1n) is 17.0. The van der Waals surface area contributed by atoms with Crippen molar-refractivity contribution in [3.05, 3.63) is 90.5 Å². The summed E-state index contributed by atoms with van der Waals surface area (Å²) in [4.78, 5) is 61.1. The van der Waals surface area contributed by atoms with Crippen molar-refractivity contribution in [2.24, 2.45) is 11.8 Å². The third kappa shape index (κ3) is 6.91. The number of amides is 3. The van der Waals surface area contributed by atoms with Gasteiger partial charge in [-0.05, 0) is 56.7 Å². The van der Waals surface area contributed by atoms with Crippen molar-refractivity contribution in [1.29, 1.82) is 0 Å². The third-order valence-electron chi connectivity index (χ3n) is 10.2. The molecule has 0 radical (unpaired) electrons. The van der Waals surface area contributed by atoms with Crippen molar-refractivity contribution < 1.29 is 33.8 Å². The van der Waals surface area contributed by atoms with Crippen LogP contribution in [0.2, 0.25) is 5.02 Å². The Morgan fingerprint density at radius 2 is 1.84 bits per heavy atom. The zero-order valence-electron chi connectivity index (χ0n) is 28.2. The number of anilines is 1. The van der Waals surface area contributed by atoms with Crippen LogP contribution in [0.15, 0.2) is 79.9 Å². The number of likely N-dealkylation sites (tertiary alicyclic amines) is 1. The molecule has 0 aliphatic carbocycles. The Bertz CT molecular complexity index is 1550. The Morgan fingerprint density at radius 3 is 2.51 bits per heavy atom. The maximum Gasteiger partial charge on any atom is 0.313 e. The van der Waals surface area contributed by atoms with Crippen LogP contribution >= 0.6 is 11.6 Å². The number of carbonyl (C=O) groups excluding carboxylic acids is 4. The summed E-state index contributed by atoms with van der Waals surface area (Å²) in [5, 5.41) is 9.89. The quantitative estimate of drug-likeness (QED) is 0.148. The SMILES string of the molecule is C=CCCC(=O)N(C)[C@@H](C)[C@@H](OC(=O)[C@@H]1[C@@H]2CC[C@]3(O2)[C@H](C(=O)N(CC=C)c2ccccc2Cl)N(CCCCO)C(=O)[C@@H]13)c1ccccc1. The van der Waals surface area contributed by atoms with E-state index in [1.165, 1.54) is 9.80 Å². The van der Waals surface area contributed by atoms with Crippen molar-refractivity contribution in [2.75, 3.05) is 31.6 Å². The number of aliphatic hydroxyl groups is 1. The van der Waals surface area contributed by atoms with Gasteiger partial charge in [0.15, 0.2) is 0 Å². The molecule has 1 N–H and O–H groups in total. The molecule has 0 saturated carbocycles. The van der Waals surface area contributed by atoms with E-state index in [1.807, 2.05) is 37.3 Å². The van der Waals surface area contributed by atoms with Gasteiger partial charge >= 0.3 is 5.97 Å². The van der Waals surface area contributed by atoms with Crippen molar-refractivity contribution in [3.8, 4) is 0 Å². The summed E-state index contributed by atoms with van der Waals surface area (Å²) >= 11 is 6.56. The van der Waals surface area contributed by atoms with Crippen molar-refractivity contribution >= 4 is 41.0 Å². The van der Waals surface area contributed by atoms with Gasteiger partial charge in [-0.1, -0.05) is 66.2 Å². The van der Waals surface area contributed by atoms with Crippen molar-refractivity contribution in [1.82, 2.24) is 9.80 Å². The minimum atomic E-state index is -1.26. The van der Waals surface area contributed by atoms with Crippen LogP contribution in [0, 0.1) is 11.8 Å². The van der Waals surface area contributed by atoms with Crippen LogP contribution in [0.25, 0.3) is 0 Å². The molecule has 2 aromatic rings. The number of rotatable bonds is 16. The molecule has 3 saturated heterocycles. The Hall–Kier alpha value is -3.99. The molecule has 2 aromatic carbocycles. The van der Waals surface area contributed by atoms with Crippen LogP contribution in [-0.4, -0.2) is 89.1 Å². The molecule has 49 heavy (non-hydrogen) atoms. The first-order valence-corrected chi connectivity index (χ1v) is 17.4. The first kappa shape index (κ1) is 36.3. The molecule has 11 heteroatoms. The van der Waals surface area contributed by atoms with E-state index in [0.29, 0.717) is 48.4 Å². The van der Waals surface area contributed by atoms with Gasteiger partial charge in [0.05, 0.1) is 34.7 Å². The van der Waals surface area contributed by atoms with Crippen LogP contribution in [-0.2, 0) is 28.7 Å². The number of carbonyl (C=O) groups is 4. The average molecular weight is 692 g/mol. The highest BCUT2D eigenvalue weighted by Gasteiger charge is 2.75. The highest BCUT2D eigenvalue weighted by Crippen LogP contribution is 2.59. The predicted octanol–water partition coefficient (Wildman–Crippen LogP) is 5.10. The molecule has 7 atom stereocenters. The molecule has 1 spiro atoms. The van der Waals surface area contributed by atoms with E-state index in [9.17, 15) is 24.3 Å². The lowest BCUT2D eigenvalue weighted by Crippen LogP contribution is -2.56. The lowest BCUT2D eigenvalue weighted by atomic mass is 9.70. The smallest absolute Gasteiger partial charge is 0.313 e. The fraction of sp³-hybridized carbons (Fsp3) is 0.474. The van der Waals surface area contributed by atoms with Crippen LogP contribution < -0.4 is 4.90 Å². The minimum Gasteiger partial charge on any atom is -0.455 e. The number of likely N-dealkylation sites (N-methyl/N-ethyl adjacent to an activating group) is 1. The number of benzene rings is 2. The molecule has 0 unspecified atom stereocenters. The van der Waals surface area contributed by atoms with Crippen LogP contribution in [0.3, 0.4) is 0 Å². The maximum atomic E-state index is 14.7. The fourth-order valence-corrected chi connectivity index (χ4v) is 7.95. The van der Waals surface area contributed by atoms with E-state index in [2.05, 4.69) is 13.2 Å². The molecular formula is C38H46ClN3O7. The zero-order valence-corrected chi connectivity index (χ0v) is 29.0. The average Bonchev–Trinajstić information content (AvgIpc) is 3.75. The fourth-order valence-electron chi connectivity index (χ4n) is 7.71. The highest BCUT2D eigenvalue weighted by molar-refractivity contribution is 6.34. The highest BCUT2D eigenvalue weighted by atomic mass is 35.5. The number of unbranched alkanes of at least 4 members (excludes halogenated alkanes) is 1. The Labute approximate surface area is 293 Å². The zero-order chi connectivity index (χ0) is 35.3. The third-order valence-corrected chi connectivity index (χ3v) is 10.5. The number of allylic oxidation sites excluding steroid dienone is 1. The Morgan fingerprint density at radius 1 is 1.12 bits per heavy atom. The van der Waals surface area contributed by atoms with Gasteiger partial charge in [0, 0.05) is 33.2 Å². The lowest BCUT2D eigenvalue weighted by Gasteiger charge is -2.37. The number of para-hydroxylation sites is 1. The van der Waals surface area contributed by atoms with E-state index < -0.39 is 47.7 Å². The standard InChI is InChI=1S/C38H46ClN3O7/c1-5-7-19-30(44)40(4)25(3)33(26-15-9-8-10-16-26)48-37(47)31-29-20-21-38(49-29)32(31)35(45)42(23-13-14-24-43)34(38)36(46)41(22-6-2)28-18-12-11-17-27(28)39/h5-6,8-12,15-18,25,29,31-34,43H,1-2,7,13-14,19-24H2,3-4H3/t25-,29-,31+,32+,33+,34-,38+/m0/s1. The van der Waals surface area contributed by atoms with Crippen LogP contribution in [0.1, 0.15) is 57.1 Å². The molecule has 3 heterocycles. The lowest BCUT2D eigenvalue weighted by molar-refractivity contribution is -0.164. The van der Waals surface area contributed by atoms with E-state index >= 15 is 0 Å². The number of hydrogen-bond acceptors (Lipinski definition) is 7. The van der Waals surface area contributed by atoms with Gasteiger partial charge in [0.25, 0.3) is 5.91 Å². The van der Waals surface area contributed by atoms with E-state index in [-0.39, 0.29) is 43.8 Å². The summed E-state index contributed by atoms with van der Waals surface area (Å²) in [6.45, 7) is 9.67. The molecule has 5 rings (SSSR count). The predicted molar refractivity (Wildman–Crippen MR) is 187 cm³/mol. The number of halogens is 1. The molecular weight excluding hydrogens is 646 g/mol. The number of esters is 1. The van der Waals surface area contributed by atoms with Gasteiger partial charge in [0.1, 0.15) is 17.7 Å². The molecule has 3 aliphatic rings. The van der Waals surface area contributed by atoms with Gasteiger partial charge < -0.3 is 29.3 Å². The number of ether oxygens (including phenoxy) is 2. The van der Waals surface area contributed by atoms with Gasteiger partial charge in [0.2, 0.25) is 11.8 Å². The van der Waals surface area contributed by atoms with Crippen LogP contribution in [0.4, 0.5) is 5.69 Å². The second kappa shape index (κ2) is 15.7. The summed E-state index contributed by atoms with van der Waals surface area (Å²) in [5.74, 6) is -3.34. The van der Waals surface area contributed by atoms with E-state index in [0.717, 1.165) is 0 Å². The molecule has 3 aliphatic heterocycles. The van der Waals surface area contributed by atoms with Crippen LogP contribution in [0.5, 0.6) is 0 Å². The van der Waals surface area contributed by atoms with Gasteiger partial charge in [-0.25, -0.2) is 0 Å². The topological polar surface area (TPSA) is 117 Å². The molecule has 262 valence electrons. The number of nitrogens with zero attached hydrogens (tertiary/aromatic N) is 3. The summed E-state index contributed by atoms with van der Waals surface area (Å²) in [6, 6.07) is 14.7. The molecule has 0 aromatic heterocycles. The Balaban J connectivity index is 1.49. The number of aliphatic hydroxyl groups excluding tert-OH is 1.